The molecule has 88 valence electrons. The van der Waals surface area contributed by atoms with Crippen molar-refractivity contribution < 1.29 is 23.8 Å². The lowest BCUT2D eigenvalue weighted by atomic mass is 10.1. The van der Waals surface area contributed by atoms with Crippen molar-refractivity contribution in [3.05, 3.63) is 29.1 Å². The molecule has 0 aliphatic heterocycles. The highest BCUT2D eigenvalue weighted by Gasteiger charge is 2.14. The quantitative estimate of drug-likeness (QED) is 0.831. The molecule has 5 heteroatoms. The first-order chi connectivity index (χ1) is 7.58. The normalized spacial score (nSPS) is 10.2. The SMILES string of the molecule is COCc1cc(F)c(OC)c(CC(=O)O)c1. The predicted octanol–water partition coefficient (Wildman–Crippen LogP) is 1.61. The Morgan fingerprint density at radius 3 is 2.62 bits per heavy atom. The lowest BCUT2D eigenvalue weighted by Crippen LogP contribution is -2.05. The summed E-state index contributed by atoms with van der Waals surface area (Å²) in [7, 11) is 2.79. The third-order valence-electron chi connectivity index (χ3n) is 2.04. The first-order valence-electron chi connectivity index (χ1n) is 4.64. The van der Waals surface area contributed by atoms with Gasteiger partial charge in [-0.15, -0.1) is 0 Å². The molecule has 0 aliphatic rings. The molecular weight excluding hydrogens is 215 g/mol. The van der Waals surface area contributed by atoms with Gasteiger partial charge < -0.3 is 14.6 Å². The molecule has 0 radical (unpaired) electrons. The molecule has 0 bridgehead atoms. The van der Waals surface area contributed by atoms with Gasteiger partial charge in [-0.1, -0.05) is 0 Å². The average Bonchev–Trinajstić information content (AvgIpc) is 2.16. The van der Waals surface area contributed by atoms with Crippen LogP contribution in [-0.4, -0.2) is 25.3 Å². The second-order valence-corrected chi connectivity index (χ2v) is 3.27. The number of methoxy groups -OCH3 is 2. The Morgan fingerprint density at radius 2 is 2.12 bits per heavy atom. The number of ether oxygens (including phenoxy) is 2. The zero-order valence-corrected chi connectivity index (χ0v) is 9.12. The molecule has 4 nitrogen and oxygen atoms in total. The summed E-state index contributed by atoms with van der Waals surface area (Å²) in [5.41, 5.74) is 0.888. The molecule has 1 rings (SSSR count). The maximum absolute atomic E-state index is 13.5. The van der Waals surface area contributed by atoms with Gasteiger partial charge in [0.05, 0.1) is 20.1 Å². The van der Waals surface area contributed by atoms with Crippen LogP contribution in [0, 0.1) is 5.82 Å². The molecule has 1 aromatic rings. The first kappa shape index (κ1) is 12.4. The highest BCUT2D eigenvalue weighted by atomic mass is 19.1. The van der Waals surface area contributed by atoms with Gasteiger partial charge in [-0.2, -0.15) is 0 Å². The molecule has 1 aromatic carbocycles. The fourth-order valence-corrected chi connectivity index (χ4v) is 1.49. The van der Waals surface area contributed by atoms with Crippen LogP contribution in [0.25, 0.3) is 0 Å². The van der Waals surface area contributed by atoms with Crippen LogP contribution in [0.3, 0.4) is 0 Å². The van der Waals surface area contributed by atoms with Crippen molar-refractivity contribution in [1.29, 1.82) is 0 Å². The van der Waals surface area contributed by atoms with E-state index in [0.29, 0.717) is 11.1 Å². The number of rotatable bonds is 5. The van der Waals surface area contributed by atoms with Gasteiger partial charge >= 0.3 is 5.97 Å². The zero-order valence-electron chi connectivity index (χ0n) is 9.12. The van der Waals surface area contributed by atoms with Crippen LogP contribution in [0.4, 0.5) is 4.39 Å². The molecule has 16 heavy (non-hydrogen) atoms. The minimum atomic E-state index is -1.03. The average molecular weight is 228 g/mol. The summed E-state index contributed by atoms with van der Waals surface area (Å²) in [5, 5.41) is 8.69. The van der Waals surface area contributed by atoms with E-state index in [0.717, 1.165) is 0 Å². The van der Waals surface area contributed by atoms with E-state index in [-0.39, 0.29) is 18.8 Å². The lowest BCUT2D eigenvalue weighted by molar-refractivity contribution is -0.136. The molecule has 0 amide bonds. The summed E-state index contributed by atoms with van der Waals surface area (Å²) in [4.78, 5) is 10.6. The minimum Gasteiger partial charge on any atom is -0.493 e. The largest absolute Gasteiger partial charge is 0.493 e. The Morgan fingerprint density at radius 1 is 1.44 bits per heavy atom. The molecular formula is C11H13FO4. The van der Waals surface area contributed by atoms with E-state index in [1.807, 2.05) is 0 Å². The molecule has 0 fully saturated rings. The van der Waals surface area contributed by atoms with Gasteiger partial charge in [0, 0.05) is 12.7 Å². The number of benzene rings is 1. The van der Waals surface area contributed by atoms with Crippen molar-refractivity contribution in [1.82, 2.24) is 0 Å². The lowest BCUT2D eigenvalue weighted by Gasteiger charge is -2.10. The molecule has 0 saturated heterocycles. The van der Waals surface area contributed by atoms with Crippen LogP contribution in [-0.2, 0) is 22.6 Å². The smallest absolute Gasteiger partial charge is 0.307 e. The topological polar surface area (TPSA) is 55.8 Å². The minimum absolute atomic E-state index is 0.0257. The molecule has 0 unspecified atom stereocenters. The summed E-state index contributed by atoms with van der Waals surface area (Å²) in [6.07, 6.45) is -0.280. The van der Waals surface area contributed by atoms with E-state index in [9.17, 15) is 9.18 Å². The van der Waals surface area contributed by atoms with E-state index in [2.05, 4.69) is 0 Å². The van der Waals surface area contributed by atoms with Crippen molar-refractivity contribution in [2.24, 2.45) is 0 Å². The number of aliphatic carboxylic acids is 1. The van der Waals surface area contributed by atoms with Gasteiger partial charge in [0.2, 0.25) is 0 Å². The molecule has 0 atom stereocenters. The van der Waals surface area contributed by atoms with Gasteiger partial charge in [-0.25, -0.2) is 4.39 Å². The van der Waals surface area contributed by atoms with Gasteiger partial charge in [0.15, 0.2) is 11.6 Å². The Hall–Kier alpha value is -1.62. The Kier molecular flexibility index (Phi) is 4.25. The summed E-state index contributed by atoms with van der Waals surface area (Å²) < 4.78 is 23.2. The van der Waals surface area contributed by atoms with Gasteiger partial charge in [0.25, 0.3) is 0 Å². The summed E-state index contributed by atoms with van der Waals surface area (Å²) in [6, 6.07) is 2.84. The highest BCUT2D eigenvalue weighted by Crippen LogP contribution is 2.25. The number of hydrogen-bond donors (Lipinski definition) is 1. The second kappa shape index (κ2) is 5.46. The van der Waals surface area contributed by atoms with Crippen molar-refractivity contribution >= 4 is 5.97 Å². The van der Waals surface area contributed by atoms with Crippen molar-refractivity contribution in [3.8, 4) is 5.75 Å². The fourth-order valence-electron chi connectivity index (χ4n) is 1.49. The zero-order chi connectivity index (χ0) is 12.1. The Bertz CT molecular complexity index is 390. The molecule has 0 saturated carbocycles. The summed E-state index contributed by atoms with van der Waals surface area (Å²) >= 11 is 0. The van der Waals surface area contributed by atoms with Crippen molar-refractivity contribution in [2.75, 3.05) is 14.2 Å². The van der Waals surface area contributed by atoms with E-state index < -0.39 is 11.8 Å². The Balaban J connectivity index is 3.13. The molecule has 1 N–H and O–H groups in total. The maximum Gasteiger partial charge on any atom is 0.307 e. The van der Waals surface area contributed by atoms with Crippen LogP contribution in [0.2, 0.25) is 0 Å². The number of carbonyl (C=O) groups is 1. The van der Waals surface area contributed by atoms with Gasteiger partial charge in [0.1, 0.15) is 0 Å². The second-order valence-electron chi connectivity index (χ2n) is 3.27. The highest BCUT2D eigenvalue weighted by molar-refractivity contribution is 5.71. The van der Waals surface area contributed by atoms with E-state index in [4.69, 9.17) is 14.6 Å². The van der Waals surface area contributed by atoms with Crippen molar-refractivity contribution in [2.45, 2.75) is 13.0 Å². The van der Waals surface area contributed by atoms with Crippen LogP contribution >= 0.6 is 0 Å². The molecule has 0 spiro atoms. The van der Waals surface area contributed by atoms with E-state index in [1.165, 1.54) is 20.3 Å². The van der Waals surface area contributed by atoms with Crippen LogP contribution < -0.4 is 4.74 Å². The fraction of sp³-hybridized carbons (Fsp3) is 0.364. The predicted molar refractivity (Wildman–Crippen MR) is 55.0 cm³/mol. The van der Waals surface area contributed by atoms with Gasteiger partial charge in [-0.05, 0) is 17.7 Å². The van der Waals surface area contributed by atoms with Crippen LogP contribution in [0.15, 0.2) is 12.1 Å². The van der Waals surface area contributed by atoms with Crippen LogP contribution in [0.1, 0.15) is 11.1 Å². The molecule has 0 heterocycles. The standard InChI is InChI=1S/C11H13FO4/c1-15-6-7-3-8(5-10(13)14)11(16-2)9(12)4-7/h3-4H,5-6H2,1-2H3,(H,13,14). The number of halogens is 1. The molecule has 0 aliphatic carbocycles. The monoisotopic (exact) mass is 228 g/mol. The number of carboxylic acids is 1. The van der Waals surface area contributed by atoms with E-state index >= 15 is 0 Å². The number of hydrogen-bond acceptors (Lipinski definition) is 3. The maximum atomic E-state index is 13.5. The number of carboxylic acid groups (broad SMARTS) is 1. The Labute approximate surface area is 92.6 Å². The summed E-state index contributed by atoms with van der Waals surface area (Å²) in [5.74, 6) is -1.64. The van der Waals surface area contributed by atoms with Crippen LogP contribution in [0.5, 0.6) is 5.75 Å². The first-order valence-corrected chi connectivity index (χ1v) is 4.64. The summed E-state index contributed by atoms with van der Waals surface area (Å²) in [6.45, 7) is 0.230. The third-order valence-corrected chi connectivity index (χ3v) is 2.04. The van der Waals surface area contributed by atoms with Gasteiger partial charge in [-0.3, -0.25) is 4.79 Å². The third kappa shape index (κ3) is 2.93. The molecule has 0 aromatic heterocycles. The van der Waals surface area contributed by atoms with Crippen molar-refractivity contribution in [3.63, 3.8) is 0 Å². The van der Waals surface area contributed by atoms with E-state index in [1.54, 1.807) is 6.07 Å².